The molecule has 0 saturated heterocycles. The van der Waals surface area contributed by atoms with Gasteiger partial charge in [0.25, 0.3) is 0 Å². The van der Waals surface area contributed by atoms with E-state index in [9.17, 15) is 4.79 Å². The van der Waals surface area contributed by atoms with Crippen molar-refractivity contribution in [3.05, 3.63) is 155 Å². The fraction of sp³-hybridized carbons (Fsp3) is 0.293. The molecule has 1 amide bonds. The molecule has 4 aromatic rings. The predicted octanol–water partition coefficient (Wildman–Crippen LogP) is 7.52. The normalized spacial score (nSPS) is 20.8. The largest absolute Gasteiger partial charge is 0.489 e. The third-order valence-corrected chi connectivity index (χ3v) is 9.92. The van der Waals surface area contributed by atoms with Gasteiger partial charge < -0.3 is 20.1 Å². The van der Waals surface area contributed by atoms with Crippen LogP contribution in [0.2, 0.25) is 0 Å². The van der Waals surface area contributed by atoms with Gasteiger partial charge >= 0.3 is 0 Å². The highest BCUT2D eigenvalue weighted by Gasteiger charge is 2.32. The Labute approximate surface area is 278 Å². The number of amides is 1. The summed E-state index contributed by atoms with van der Waals surface area (Å²) in [4.78, 5) is 13.7. The van der Waals surface area contributed by atoms with Gasteiger partial charge in [0.2, 0.25) is 5.91 Å². The van der Waals surface area contributed by atoms with E-state index in [-0.39, 0.29) is 5.91 Å². The molecule has 1 aliphatic carbocycles. The second-order valence-electron chi connectivity index (χ2n) is 12.8. The Bertz CT molecular complexity index is 1620. The lowest BCUT2D eigenvalue weighted by molar-refractivity contribution is -0.124. The Morgan fingerprint density at radius 2 is 1.06 bits per heavy atom. The number of benzene rings is 4. The molecule has 2 N–H and O–H groups in total. The Balaban J connectivity index is 1.22. The Kier molecular flexibility index (Phi) is 9.23. The van der Waals surface area contributed by atoms with Crippen LogP contribution >= 0.6 is 0 Å². The number of nitrogens with zero attached hydrogens (tertiary/aromatic N) is 1. The standard InChI is InChI=1S/C41H43N3O3/c1-30(45)44-24-22-41(23-25-44)35-14-18-37(19-15-35)46-28-33-10-4-2-8-31(33)26-42-39-12-6-7-13-40(39)43-27-32-9-3-5-11-34(32)29-47-38-20-16-36(41)17-21-38/h2-5,8-11,14-25,39-40,42-43H,6-7,12-13,26-29H2,1H3. The number of allylic oxidation sites excluding steroid dienone is 2. The number of carbonyl (C=O) groups excluding carboxylic acids is 1. The minimum Gasteiger partial charge on any atom is -0.489 e. The Morgan fingerprint density at radius 3 is 1.49 bits per heavy atom. The lowest BCUT2D eigenvalue weighted by Gasteiger charge is -2.33. The van der Waals surface area contributed by atoms with Gasteiger partial charge in [0.05, 0.1) is 5.41 Å². The number of ether oxygens (including phenoxy) is 2. The zero-order chi connectivity index (χ0) is 32.1. The maximum atomic E-state index is 12.1. The zero-order valence-corrected chi connectivity index (χ0v) is 27.0. The molecule has 4 aliphatic heterocycles. The van der Waals surface area contributed by atoms with E-state index in [4.69, 9.17) is 9.47 Å². The molecule has 4 bridgehead atoms. The summed E-state index contributed by atoms with van der Waals surface area (Å²) in [6.45, 7) is 4.18. The van der Waals surface area contributed by atoms with E-state index < -0.39 is 5.41 Å². The van der Waals surface area contributed by atoms with Crippen LogP contribution in [0, 0.1) is 0 Å². The van der Waals surface area contributed by atoms with Crippen molar-refractivity contribution in [3.63, 3.8) is 0 Å². The van der Waals surface area contributed by atoms with Crippen molar-refractivity contribution in [3.8, 4) is 11.5 Å². The highest BCUT2D eigenvalue weighted by Crippen LogP contribution is 2.39. The molecular weight excluding hydrogens is 582 g/mol. The van der Waals surface area contributed by atoms with Crippen LogP contribution in [-0.2, 0) is 36.5 Å². The molecule has 2 unspecified atom stereocenters. The minimum atomic E-state index is -0.550. The summed E-state index contributed by atoms with van der Waals surface area (Å²) in [5, 5.41) is 7.80. The second-order valence-corrected chi connectivity index (χ2v) is 12.8. The average molecular weight is 626 g/mol. The van der Waals surface area contributed by atoms with E-state index in [1.54, 1.807) is 11.8 Å². The maximum absolute atomic E-state index is 12.1. The van der Waals surface area contributed by atoms with Crippen molar-refractivity contribution in [1.82, 2.24) is 15.5 Å². The molecule has 1 fully saturated rings. The Hall–Kier alpha value is -4.65. The van der Waals surface area contributed by atoms with Gasteiger partial charge in [-0.1, -0.05) is 85.6 Å². The van der Waals surface area contributed by atoms with Crippen LogP contribution in [0.1, 0.15) is 66.0 Å². The van der Waals surface area contributed by atoms with Gasteiger partial charge in [-0.25, -0.2) is 0 Å². The number of hydrogen-bond donors (Lipinski definition) is 2. The number of fused-ring (bicyclic) bond motifs is 2. The van der Waals surface area contributed by atoms with E-state index in [0.717, 1.165) is 35.7 Å². The first-order valence-electron chi connectivity index (χ1n) is 16.8. The zero-order valence-electron chi connectivity index (χ0n) is 27.0. The highest BCUT2D eigenvalue weighted by atomic mass is 16.5. The molecule has 0 aromatic heterocycles. The molecule has 0 radical (unpaired) electrons. The summed E-state index contributed by atoms with van der Waals surface area (Å²) >= 11 is 0. The summed E-state index contributed by atoms with van der Waals surface area (Å²) in [5.41, 5.74) is 6.53. The molecule has 1 saturated carbocycles. The fourth-order valence-corrected chi connectivity index (χ4v) is 7.08. The maximum Gasteiger partial charge on any atom is 0.227 e. The molecule has 240 valence electrons. The van der Waals surface area contributed by atoms with Crippen LogP contribution in [0.15, 0.2) is 122 Å². The van der Waals surface area contributed by atoms with Gasteiger partial charge in [-0.05, 0) is 82.6 Å². The van der Waals surface area contributed by atoms with Crippen molar-refractivity contribution in [1.29, 1.82) is 0 Å². The topological polar surface area (TPSA) is 62.8 Å². The minimum absolute atomic E-state index is 0.0290. The SMILES string of the molecule is CC(=O)N1C=CC2(C=C1)c1ccc(cc1)OCc1ccccc1CNC1CCCCC1NCc1ccccc1COc1ccc2cc1. The van der Waals surface area contributed by atoms with E-state index in [1.807, 2.05) is 36.7 Å². The van der Waals surface area contributed by atoms with Gasteiger partial charge in [-0.3, -0.25) is 9.69 Å². The van der Waals surface area contributed by atoms with Crippen LogP contribution in [-0.4, -0.2) is 22.9 Å². The molecule has 47 heavy (non-hydrogen) atoms. The second kappa shape index (κ2) is 14.0. The molecule has 6 heteroatoms. The van der Waals surface area contributed by atoms with Crippen molar-refractivity contribution in [2.24, 2.45) is 0 Å². The number of rotatable bonds is 0. The summed E-state index contributed by atoms with van der Waals surface area (Å²) in [6.07, 6.45) is 12.7. The third kappa shape index (κ3) is 6.90. The van der Waals surface area contributed by atoms with Crippen molar-refractivity contribution >= 4 is 5.91 Å². The fourth-order valence-electron chi connectivity index (χ4n) is 7.08. The molecule has 4 aromatic carbocycles. The van der Waals surface area contributed by atoms with Crippen molar-refractivity contribution in [2.75, 3.05) is 0 Å². The quantitative estimate of drug-likeness (QED) is 0.212. The van der Waals surface area contributed by atoms with Crippen molar-refractivity contribution < 1.29 is 14.3 Å². The van der Waals surface area contributed by atoms with Crippen LogP contribution in [0.5, 0.6) is 11.5 Å². The first kappa shape index (κ1) is 31.0. The molecule has 5 aliphatic rings. The van der Waals surface area contributed by atoms with Crippen molar-refractivity contribution in [2.45, 2.75) is 76.4 Å². The smallest absolute Gasteiger partial charge is 0.227 e. The van der Waals surface area contributed by atoms with Crippen LogP contribution in [0.25, 0.3) is 0 Å². The molecular formula is C41H43N3O3. The van der Waals surface area contributed by atoms with Crippen LogP contribution in [0.3, 0.4) is 0 Å². The number of nitrogens with one attached hydrogen (secondary N) is 2. The molecule has 6 nitrogen and oxygen atoms in total. The lowest BCUT2D eigenvalue weighted by atomic mass is 9.73. The Morgan fingerprint density at radius 1 is 0.638 bits per heavy atom. The first-order chi connectivity index (χ1) is 23.1. The van der Waals surface area contributed by atoms with Gasteiger partial charge in [-0.15, -0.1) is 0 Å². The lowest BCUT2D eigenvalue weighted by Crippen LogP contribution is -2.49. The van der Waals surface area contributed by atoms with E-state index in [2.05, 4.69) is 95.6 Å². The molecule has 2 atom stereocenters. The highest BCUT2D eigenvalue weighted by molar-refractivity contribution is 5.76. The third-order valence-electron chi connectivity index (χ3n) is 9.92. The van der Waals surface area contributed by atoms with E-state index in [1.165, 1.54) is 47.9 Å². The van der Waals surface area contributed by atoms with Crippen LogP contribution < -0.4 is 20.1 Å². The van der Waals surface area contributed by atoms with Crippen LogP contribution in [0.4, 0.5) is 0 Å². The number of carbonyl (C=O) groups is 1. The average Bonchev–Trinajstić information content (AvgIpc) is 3.12. The van der Waals surface area contributed by atoms with Gasteiger partial charge in [0.1, 0.15) is 24.7 Å². The van der Waals surface area contributed by atoms with E-state index >= 15 is 0 Å². The predicted molar refractivity (Wildman–Crippen MR) is 186 cm³/mol. The van der Waals surface area contributed by atoms with Gasteiger partial charge in [-0.2, -0.15) is 0 Å². The van der Waals surface area contributed by atoms with Gasteiger partial charge in [0, 0.05) is 44.5 Å². The monoisotopic (exact) mass is 625 g/mol. The summed E-state index contributed by atoms with van der Waals surface area (Å²) in [7, 11) is 0. The first-order valence-corrected chi connectivity index (χ1v) is 16.8. The summed E-state index contributed by atoms with van der Waals surface area (Å²) in [6, 6.07) is 34.6. The number of hydrogen-bond acceptors (Lipinski definition) is 5. The molecule has 4 heterocycles. The molecule has 1 spiro atoms. The summed E-state index contributed by atoms with van der Waals surface area (Å²) < 4.78 is 12.7. The van der Waals surface area contributed by atoms with Gasteiger partial charge in [0.15, 0.2) is 0 Å². The summed E-state index contributed by atoms with van der Waals surface area (Å²) in [5.74, 6) is 1.61. The molecule has 9 rings (SSSR count). The van der Waals surface area contributed by atoms with E-state index in [0.29, 0.717) is 25.3 Å².